The minimum absolute atomic E-state index is 0.0389. The summed E-state index contributed by atoms with van der Waals surface area (Å²) in [5.74, 6) is 0.00245. The molecule has 5 rings (SSSR count). The van der Waals surface area contributed by atoms with Gasteiger partial charge in [0.05, 0.1) is 11.3 Å². The summed E-state index contributed by atoms with van der Waals surface area (Å²) in [6.45, 7) is 2.21. The maximum absolute atomic E-state index is 14.4. The van der Waals surface area contributed by atoms with Crippen LogP contribution < -0.4 is 10.6 Å². The summed E-state index contributed by atoms with van der Waals surface area (Å²) in [6, 6.07) is 8.72. The summed E-state index contributed by atoms with van der Waals surface area (Å²) in [7, 11) is 0. The molecule has 4 heterocycles. The van der Waals surface area contributed by atoms with Crippen LogP contribution in [0.4, 0.5) is 15.1 Å². The smallest absolute Gasteiger partial charge is 0.257 e. The Morgan fingerprint density at radius 3 is 3.11 bits per heavy atom. The Bertz CT molecular complexity index is 1130. The third-order valence-electron chi connectivity index (χ3n) is 5.14. The van der Waals surface area contributed by atoms with Crippen molar-refractivity contribution in [1.29, 1.82) is 0 Å². The van der Waals surface area contributed by atoms with Gasteiger partial charge in [-0.1, -0.05) is 11.3 Å². The summed E-state index contributed by atoms with van der Waals surface area (Å²) in [6.07, 6.45) is 3.73. The molecule has 0 saturated carbocycles. The van der Waals surface area contributed by atoms with Crippen LogP contribution in [-0.2, 0) is 0 Å². The molecule has 0 spiro atoms. The number of carbonyl (C=O) groups excluding carboxylic acids is 1. The van der Waals surface area contributed by atoms with Crippen LogP contribution in [0.5, 0.6) is 0 Å². The van der Waals surface area contributed by atoms with Crippen LogP contribution in [0.3, 0.4) is 0 Å². The lowest BCUT2D eigenvalue weighted by atomic mass is 10.1. The molecule has 2 N–H and O–H groups in total. The second-order valence-corrected chi connectivity index (χ2v) is 9.17. The highest BCUT2D eigenvalue weighted by Gasteiger charge is 2.35. The fourth-order valence-corrected chi connectivity index (χ4v) is 5.25. The Labute approximate surface area is 178 Å². The molecule has 0 radical (unpaired) electrons. The second-order valence-electron chi connectivity index (χ2n) is 6.92. The van der Waals surface area contributed by atoms with Crippen molar-refractivity contribution in [3.63, 3.8) is 0 Å². The maximum Gasteiger partial charge on any atom is 0.257 e. The molecule has 0 aliphatic carbocycles. The third-order valence-corrected chi connectivity index (χ3v) is 6.84. The molecule has 142 valence electrons. The van der Waals surface area contributed by atoms with Crippen molar-refractivity contribution >= 4 is 60.7 Å². The molecule has 2 aromatic heterocycles. The van der Waals surface area contributed by atoms with Gasteiger partial charge < -0.3 is 15.5 Å². The molecule has 1 aromatic carbocycles. The number of rotatable bonds is 3. The van der Waals surface area contributed by atoms with Crippen LogP contribution in [-0.4, -0.2) is 35.4 Å². The van der Waals surface area contributed by atoms with Crippen LogP contribution >= 0.6 is 33.9 Å². The number of likely N-dealkylation sites (tertiary alicyclic amines) is 1. The zero-order valence-electron chi connectivity index (χ0n) is 14.7. The molecular formula is C20H16FIN4OS. The number of amides is 1. The molecule has 1 amide bonds. The molecular weight excluding hydrogens is 490 g/mol. The van der Waals surface area contributed by atoms with Crippen LogP contribution in [0.25, 0.3) is 10.2 Å². The van der Waals surface area contributed by atoms with Gasteiger partial charge in [-0.2, -0.15) is 0 Å². The van der Waals surface area contributed by atoms with E-state index in [4.69, 9.17) is 0 Å². The standard InChI is InChI=1S/C20H16FIN4OS/c21-15-6-13(22)3-4-16(15)25-19-17(14-2-1-5-24-18(14)28-19)20(27)26-9-11-7-23-8-12(11)10-26/h1-7,12,23,25H,8-10H2. The van der Waals surface area contributed by atoms with Gasteiger partial charge in [-0.3, -0.25) is 4.79 Å². The van der Waals surface area contributed by atoms with Gasteiger partial charge in [0.2, 0.25) is 0 Å². The summed E-state index contributed by atoms with van der Waals surface area (Å²) in [5, 5.41) is 7.81. The topological polar surface area (TPSA) is 57.3 Å². The summed E-state index contributed by atoms with van der Waals surface area (Å²) in [5.41, 5.74) is 2.19. The molecule has 2 aliphatic rings. The van der Waals surface area contributed by atoms with Crippen molar-refractivity contribution in [3.05, 3.63) is 63.3 Å². The summed E-state index contributed by atoms with van der Waals surface area (Å²) in [4.78, 5) is 20.5. The predicted octanol–water partition coefficient (Wildman–Crippen LogP) is 4.34. The lowest BCUT2D eigenvalue weighted by Gasteiger charge is -2.18. The Morgan fingerprint density at radius 1 is 1.39 bits per heavy atom. The SMILES string of the molecule is O=C(c1c(Nc2ccc(I)cc2F)sc2ncccc12)N1CC2=CNCC2C1. The Balaban J connectivity index is 1.55. The van der Waals surface area contributed by atoms with E-state index >= 15 is 0 Å². The Morgan fingerprint density at radius 2 is 2.29 bits per heavy atom. The summed E-state index contributed by atoms with van der Waals surface area (Å²) >= 11 is 3.45. The van der Waals surface area contributed by atoms with Gasteiger partial charge in [-0.05, 0) is 64.7 Å². The van der Waals surface area contributed by atoms with Crippen LogP contribution in [0.2, 0.25) is 0 Å². The van der Waals surface area contributed by atoms with Crippen molar-refractivity contribution in [2.75, 3.05) is 25.0 Å². The number of hydrogen-bond donors (Lipinski definition) is 2. The molecule has 3 aromatic rings. The van der Waals surface area contributed by atoms with Gasteiger partial charge in [0.25, 0.3) is 5.91 Å². The molecule has 1 atom stereocenters. The van der Waals surface area contributed by atoms with Crippen molar-refractivity contribution in [2.24, 2.45) is 5.92 Å². The largest absolute Gasteiger partial charge is 0.390 e. The molecule has 2 aliphatic heterocycles. The van der Waals surface area contributed by atoms with Crippen molar-refractivity contribution in [3.8, 4) is 0 Å². The molecule has 1 unspecified atom stereocenters. The number of benzene rings is 1. The first-order valence-electron chi connectivity index (χ1n) is 8.91. The lowest BCUT2D eigenvalue weighted by Crippen LogP contribution is -2.30. The van der Waals surface area contributed by atoms with Crippen molar-refractivity contribution < 1.29 is 9.18 Å². The normalized spacial score (nSPS) is 18.1. The number of aromatic nitrogens is 1. The zero-order valence-corrected chi connectivity index (χ0v) is 17.7. The van der Waals surface area contributed by atoms with E-state index in [2.05, 4.69) is 38.2 Å². The van der Waals surface area contributed by atoms with E-state index in [1.807, 2.05) is 29.3 Å². The first-order valence-corrected chi connectivity index (χ1v) is 10.8. The predicted molar refractivity (Wildman–Crippen MR) is 117 cm³/mol. The van der Waals surface area contributed by atoms with Gasteiger partial charge in [0.15, 0.2) is 0 Å². The van der Waals surface area contributed by atoms with E-state index in [1.165, 1.54) is 23.0 Å². The summed E-state index contributed by atoms with van der Waals surface area (Å²) < 4.78 is 15.2. The fraction of sp³-hybridized carbons (Fsp3) is 0.200. The lowest BCUT2D eigenvalue weighted by molar-refractivity contribution is 0.0792. The number of nitrogens with zero attached hydrogens (tertiary/aromatic N) is 2. The van der Waals surface area contributed by atoms with Crippen molar-refractivity contribution in [1.82, 2.24) is 15.2 Å². The van der Waals surface area contributed by atoms with Gasteiger partial charge in [0, 0.05) is 40.7 Å². The van der Waals surface area contributed by atoms with Crippen LogP contribution in [0, 0.1) is 15.3 Å². The number of fused-ring (bicyclic) bond motifs is 2. The molecule has 1 fully saturated rings. The van der Waals surface area contributed by atoms with Gasteiger partial charge >= 0.3 is 0 Å². The highest BCUT2D eigenvalue weighted by molar-refractivity contribution is 14.1. The molecule has 5 nitrogen and oxygen atoms in total. The zero-order chi connectivity index (χ0) is 19.3. The van der Waals surface area contributed by atoms with Gasteiger partial charge in [-0.25, -0.2) is 9.37 Å². The Kier molecular flexibility index (Phi) is 4.47. The van der Waals surface area contributed by atoms with Gasteiger partial charge in [0.1, 0.15) is 15.6 Å². The van der Waals surface area contributed by atoms with E-state index < -0.39 is 0 Å². The highest BCUT2D eigenvalue weighted by Crippen LogP contribution is 2.39. The number of carbonyl (C=O) groups is 1. The van der Waals surface area contributed by atoms with Crippen LogP contribution in [0.1, 0.15) is 10.4 Å². The monoisotopic (exact) mass is 506 g/mol. The molecule has 0 bridgehead atoms. The average molecular weight is 506 g/mol. The first-order chi connectivity index (χ1) is 13.6. The molecule has 1 saturated heterocycles. The first kappa shape index (κ1) is 17.9. The number of thiophene rings is 1. The quantitative estimate of drug-likeness (QED) is 0.519. The number of anilines is 2. The van der Waals surface area contributed by atoms with E-state index in [0.29, 0.717) is 35.3 Å². The Hall–Kier alpha value is -2.20. The van der Waals surface area contributed by atoms with E-state index in [-0.39, 0.29) is 11.7 Å². The number of pyridine rings is 1. The van der Waals surface area contributed by atoms with Gasteiger partial charge in [-0.15, -0.1) is 0 Å². The molecule has 28 heavy (non-hydrogen) atoms. The number of hydrogen-bond acceptors (Lipinski definition) is 5. The van der Waals surface area contributed by atoms with E-state index in [1.54, 1.807) is 12.3 Å². The second kappa shape index (κ2) is 7.00. The maximum atomic E-state index is 14.4. The van der Waals surface area contributed by atoms with Crippen LogP contribution in [0.15, 0.2) is 48.3 Å². The molecule has 8 heteroatoms. The van der Waals surface area contributed by atoms with Crippen molar-refractivity contribution in [2.45, 2.75) is 0 Å². The minimum atomic E-state index is -0.345. The van der Waals surface area contributed by atoms with E-state index in [0.717, 1.165) is 20.3 Å². The number of nitrogens with one attached hydrogen (secondary N) is 2. The van der Waals surface area contributed by atoms with E-state index in [9.17, 15) is 9.18 Å². The highest BCUT2D eigenvalue weighted by atomic mass is 127. The average Bonchev–Trinajstić information content (AvgIpc) is 3.36. The third kappa shape index (κ3) is 3.04. The fourth-order valence-electron chi connectivity index (χ4n) is 3.75. The minimum Gasteiger partial charge on any atom is -0.390 e. The number of halogens is 2.